The van der Waals surface area contributed by atoms with E-state index in [-0.39, 0.29) is 18.1 Å². The lowest BCUT2D eigenvalue weighted by Gasteiger charge is -2.32. The molecule has 132 valence electrons. The number of nitrogens with one attached hydrogen (secondary N) is 1. The number of rotatable bonds is 5. The van der Waals surface area contributed by atoms with Gasteiger partial charge in [0, 0.05) is 18.5 Å². The third kappa shape index (κ3) is 3.58. The van der Waals surface area contributed by atoms with Gasteiger partial charge in [-0.05, 0) is 50.2 Å². The lowest BCUT2D eigenvalue weighted by molar-refractivity contribution is 0.170. The first-order valence-corrected chi connectivity index (χ1v) is 9.40. The van der Waals surface area contributed by atoms with Crippen molar-refractivity contribution in [1.82, 2.24) is 10.2 Å². The summed E-state index contributed by atoms with van der Waals surface area (Å²) in [5.41, 5.74) is 2.34. The number of urea groups is 1. The van der Waals surface area contributed by atoms with Crippen LogP contribution in [-0.2, 0) is 6.42 Å². The van der Waals surface area contributed by atoms with Crippen molar-refractivity contribution >= 4 is 6.03 Å². The van der Waals surface area contributed by atoms with E-state index in [9.17, 15) is 4.79 Å². The molecule has 2 unspecified atom stereocenters. The van der Waals surface area contributed by atoms with E-state index in [0.717, 1.165) is 37.1 Å². The number of aryl methyl sites for hydroxylation is 1. The Morgan fingerprint density at radius 2 is 2.04 bits per heavy atom. The fourth-order valence-corrected chi connectivity index (χ4v) is 3.78. The molecule has 0 radical (unpaired) electrons. The van der Waals surface area contributed by atoms with Gasteiger partial charge in [-0.15, -0.1) is 0 Å². The van der Waals surface area contributed by atoms with Gasteiger partial charge in [0.2, 0.25) is 0 Å². The van der Waals surface area contributed by atoms with Crippen molar-refractivity contribution in [3.05, 3.63) is 59.5 Å². The van der Waals surface area contributed by atoms with E-state index in [1.807, 2.05) is 29.2 Å². The van der Waals surface area contributed by atoms with E-state index in [1.165, 1.54) is 18.4 Å². The van der Waals surface area contributed by atoms with E-state index in [4.69, 9.17) is 4.42 Å². The van der Waals surface area contributed by atoms with Crippen molar-refractivity contribution in [2.45, 2.75) is 51.1 Å². The summed E-state index contributed by atoms with van der Waals surface area (Å²) in [5.74, 6) is 1.69. The molecule has 4 nitrogen and oxygen atoms in total. The summed E-state index contributed by atoms with van der Waals surface area (Å²) in [5, 5.41) is 3.27. The Kier molecular flexibility index (Phi) is 4.51. The van der Waals surface area contributed by atoms with Crippen LogP contribution in [0.1, 0.15) is 61.6 Å². The summed E-state index contributed by atoms with van der Waals surface area (Å²) < 4.78 is 5.55. The SMILES string of the molecule is CC(c1ccccc1)N(CC1CC1)C(=O)NC1CCCc2occc21. The van der Waals surface area contributed by atoms with Crippen molar-refractivity contribution in [2.24, 2.45) is 5.92 Å². The molecule has 0 saturated heterocycles. The molecule has 0 spiro atoms. The number of nitrogens with zero attached hydrogens (tertiary/aromatic N) is 1. The van der Waals surface area contributed by atoms with Crippen LogP contribution in [0.15, 0.2) is 47.1 Å². The second-order valence-corrected chi connectivity index (χ2v) is 7.38. The van der Waals surface area contributed by atoms with E-state index < -0.39 is 0 Å². The smallest absolute Gasteiger partial charge is 0.318 e. The normalized spacial score (nSPS) is 20.6. The number of carbonyl (C=O) groups excluding carboxylic acids is 1. The van der Waals surface area contributed by atoms with Gasteiger partial charge in [0.25, 0.3) is 0 Å². The number of hydrogen-bond acceptors (Lipinski definition) is 2. The van der Waals surface area contributed by atoms with Crippen molar-refractivity contribution in [3.8, 4) is 0 Å². The second-order valence-electron chi connectivity index (χ2n) is 7.38. The largest absolute Gasteiger partial charge is 0.469 e. The standard InChI is InChI=1S/C21H26N2O2/c1-15(17-6-3-2-4-7-17)23(14-16-10-11-16)21(24)22-19-8-5-9-20-18(19)12-13-25-20/h2-4,6-7,12-13,15-16,19H,5,8-11,14H2,1H3,(H,22,24). The van der Waals surface area contributed by atoms with Crippen LogP contribution in [0.4, 0.5) is 4.79 Å². The number of fused-ring (bicyclic) bond motifs is 1. The van der Waals surface area contributed by atoms with Gasteiger partial charge < -0.3 is 14.6 Å². The predicted molar refractivity (Wildman–Crippen MR) is 97.2 cm³/mol. The number of carbonyl (C=O) groups is 1. The van der Waals surface area contributed by atoms with Crippen molar-refractivity contribution in [3.63, 3.8) is 0 Å². The molecule has 4 heteroatoms. The van der Waals surface area contributed by atoms with Crippen LogP contribution in [0.3, 0.4) is 0 Å². The highest BCUT2D eigenvalue weighted by Crippen LogP contribution is 2.34. The van der Waals surface area contributed by atoms with Gasteiger partial charge in [-0.3, -0.25) is 0 Å². The molecule has 2 aromatic rings. The number of benzene rings is 1. The highest BCUT2D eigenvalue weighted by Gasteiger charge is 2.32. The Bertz CT molecular complexity index is 721. The molecule has 4 rings (SSSR count). The van der Waals surface area contributed by atoms with Gasteiger partial charge in [0.15, 0.2) is 0 Å². The molecule has 1 aromatic carbocycles. The minimum atomic E-state index is 0.0438. The van der Waals surface area contributed by atoms with Crippen LogP contribution < -0.4 is 5.32 Å². The number of hydrogen-bond donors (Lipinski definition) is 1. The fraction of sp³-hybridized carbons (Fsp3) is 0.476. The molecular weight excluding hydrogens is 312 g/mol. The molecule has 1 heterocycles. The maximum Gasteiger partial charge on any atom is 0.318 e. The van der Waals surface area contributed by atoms with Crippen LogP contribution in [0.25, 0.3) is 0 Å². The molecule has 1 aromatic heterocycles. The van der Waals surface area contributed by atoms with Crippen LogP contribution in [0, 0.1) is 5.92 Å². The van der Waals surface area contributed by atoms with Crippen molar-refractivity contribution in [1.29, 1.82) is 0 Å². The maximum absolute atomic E-state index is 13.1. The zero-order valence-corrected chi connectivity index (χ0v) is 14.8. The second kappa shape index (κ2) is 6.95. The van der Waals surface area contributed by atoms with E-state index >= 15 is 0 Å². The quantitative estimate of drug-likeness (QED) is 0.848. The van der Waals surface area contributed by atoms with Crippen LogP contribution in [0.5, 0.6) is 0 Å². The lowest BCUT2D eigenvalue weighted by Crippen LogP contribution is -2.44. The van der Waals surface area contributed by atoms with Gasteiger partial charge in [0.1, 0.15) is 5.76 Å². The molecule has 0 bridgehead atoms. The molecule has 2 atom stereocenters. The lowest BCUT2D eigenvalue weighted by atomic mass is 9.93. The highest BCUT2D eigenvalue weighted by molar-refractivity contribution is 5.75. The average molecular weight is 338 g/mol. The first-order chi connectivity index (χ1) is 12.2. The van der Waals surface area contributed by atoms with Gasteiger partial charge in [0.05, 0.1) is 18.3 Å². The van der Waals surface area contributed by atoms with Crippen LogP contribution in [0.2, 0.25) is 0 Å². The highest BCUT2D eigenvalue weighted by atomic mass is 16.3. The average Bonchev–Trinajstić information content (AvgIpc) is 3.33. The Morgan fingerprint density at radius 3 is 2.80 bits per heavy atom. The number of amides is 2. The molecule has 2 amide bonds. The molecule has 2 aliphatic carbocycles. The van der Waals surface area contributed by atoms with Gasteiger partial charge in [-0.2, -0.15) is 0 Å². The van der Waals surface area contributed by atoms with Crippen molar-refractivity contribution < 1.29 is 9.21 Å². The van der Waals surface area contributed by atoms with E-state index in [0.29, 0.717) is 5.92 Å². The first kappa shape index (κ1) is 16.2. The Morgan fingerprint density at radius 1 is 1.24 bits per heavy atom. The monoisotopic (exact) mass is 338 g/mol. The predicted octanol–water partition coefficient (Wildman–Crippen LogP) is 4.84. The maximum atomic E-state index is 13.1. The molecule has 2 aliphatic rings. The molecule has 1 saturated carbocycles. The topological polar surface area (TPSA) is 45.5 Å². The minimum absolute atomic E-state index is 0.0438. The third-order valence-electron chi connectivity index (χ3n) is 5.51. The fourth-order valence-electron chi connectivity index (χ4n) is 3.78. The third-order valence-corrected chi connectivity index (χ3v) is 5.51. The molecule has 1 fully saturated rings. The Labute approximate surface area is 149 Å². The summed E-state index contributed by atoms with van der Waals surface area (Å²) in [7, 11) is 0. The zero-order chi connectivity index (χ0) is 17.2. The van der Waals surface area contributed by atoms with E-state index in [2.05, 4.69) is 24.4 Å². The van der Waals surface area contributed by atoms with Gasteiger partial charge in [-0.25, -0.2) is 4.79 Å². The van der Waals surface area contributed by atoms with Crippen LogP contribution >= 0.6 is 0 Å². The summed E-state index contributed by atoms with van der Waals surface area (Å²) in [6, 6.07) is 12.5. The molecule has 25 heavy (non-hydrogen) atoms. The van der Waals surface area contributed by atoms with Gasteiger partial charge >= 0.3 is 6.03 Å². The van der Waals surface area contributed by atoms with Crippen LogP contribution in [-0.4, -0.2) is 17.5 Å². The summed E-state index contributed by atoms with van der Waals surface area (Å²) >= 11 is 0. The summed E-state index contributed by atoms with van der Waals surface area (Å²) in [6.45, 7) is 2.97. The zero-order valence-electron chi connectivity index (χ0n) is 14.8. The summed E-state index contributed by atoms with van der Waals surface area (Å²) in [6.07, 6.45) is 7.23. The molecule has 0 aliphatic heterocycles. The van der Waals surface area contributed by atoms with Crippen molar-refractivity contribution in [2.75, 3.05) is 6.54 Å². The Hall–Kier alpha value is -2.23. The Balaban J connectivity index is 1.50. The first-order valence-electron chi connectivity index (χ1n) is 9.40. The minimum Gasteiger partial charge on any atom is -0.469 e. The molecular formula is C21H26N2O2. The molecule has 1 N–H and O–H groups in total. The van der Waals surface area contributed by atoms with Gasteiger partial charge in [-0.1, -0.05) is 30.3 Å². The van der Waals surface area contributed by atoms with E-state index in [1.54, 1.807) is 6.26 Å². The number of furan rings is 1. The summed E-state index contributed by atoms with van der Waals surface area (Å²) in [4.78, 5) is 15.1.